The third kappa shape index (κ3) is 5.00. The SMILES string of the molecule is O=C(N=C1S[C@H]2CS(=O)(=O)C[C@@H]2N1c1ccc(N2CCC(Cc3ccccc3)CC2)cc1)C1CC1. The second-order valence-electron chi connectivity index (χ2n) is 10.3. The van der Waals surface area contributed by atoms with Gasteiger partial charge in [-0.25, -0.2) is 8.42 Å². The van der Waals surface area contributed by atoms with Crippen molar-refractivity contribution in [3.05, 3.63) is 60.2 Å². The highest BCUT2D eigenvalue weighted by Gasteiger charge is 2.49. The Labute approximate surface area is 211 Å². The monoisotopic (exact) mass is 509 g/mol. The summed E-state index contributed by atoms with van der Waals surface area (Å²) in [5.41, 5.74) is 3.54. The summed E-state index contributed by atoms with van der Waals surface area (Å²) in [4.78, 5) is 21.3. The number of rotatable bonds is 5. The molecule has 4 aliphatic rings. The van der Waals surface area contributed by atoms with Gasteiger partial charge in [-0.2, -0.15) is 4.99 Å². The summed E-state index contributed by atoms with van der Waals surface area (Å²) in [5, 5.41) is 0.607. The van der Waals surface area contributed by atoms with E-state index in [0.717, 1.165) is 44.0 Å². The van der Waals surface area contributed by atoms with Crippen LogP contribution in [0.2, 0.25) is 0 Å². The van der Waals surface area contributed by atoms with Gasteiger partial charge in [0.15, 0.2) is 15.0 Å². The third-order valence-corrected chi connectivity index (χ3v) is 10.9. The maximum atomic E-state index is 12.4. The van der Waals surface area contributed by atoms with Gasteiger partial charge in [-0.1, -0.05) is 42.1 Å². The van der Waals surface area contributed by atoms with E-state index in [4.69, 9.17) is 0 Å². The van der Waals surface area contributed by atoms with Gasteiger partial charge in [0.25, 0.3) is 5.91 Å². The second-order valence-corrected chi connectivity index (χ2v) is 13.7. The Morgan fingerprint density at radius 1 is 0.914 bits per heavy atom. The van der Waals surface area contributed by atoms with E-state index in [9.17, 15) is 13.2 Å². The fourth-order valence-corrected chi connectivity index (χ4v) is 9.47. The zero-order chi connectivity index (χ0) is 24.0. The normalized spacial score (nSPS) is 27.4. The topological polar surface area (TPSA) is 70.0 Å². The number of thioether (sulfide) groups is 1. The van der Waals surface area contributed by atoms with Crippen LogP contribution in [0.25, 0.3) is 0 Å². The summed E-state index contributed by atoms with van der Waals surface area (Å²) in [6.45, 7) is 2.09. The van der Waals surface area contributed by atoms with Gasteiger partial charge in [0.05, 0.1) is 17.5 Å². The molecule has 3 heterocycles. The van der Waals surface area contributed by atoms with Crippen molar-refractivity contribution in [3.63, 3.8) is 0 Å². The number of sulfone groups is 1. The standard InChI is InChI=1S/C27H31N3O3S2/c31-26(21-6-7-21)28-27-30(24-17-35(32,33)18-25(24)34-27)23-10-8-22(9-11-23)29-14-12-20(13-15-29)16-19-4-2-1-3-5-19/h1-5,8-11,20-21,24-25H,6-7,12-18H2/t24-,25-/m0/s1. The lowest BCUT2D eigenvalue weighted by Crippen LogP contribution is -2.38. The van der Waals surface area contributed by atoms with Gasteiger partial charge in [0.1, 0.15) is 0 Å². The molecule has 3 aliphatic heterocycles. The molecule has 35 heavy (non-hydrogen) atoms. The molecule has 1 saturated carbocycles. The van der Waals surface area contributed by atoms with E-state index in [-0.39, 0.29) is 34.6 Å². The molecule has 2 aromatic rings. The average molecular weight is 510 g/mol. The molecule has 2 atom stereocenters. The predicted octanol–water partition coefficient (Wildman–Crippen LogP) is 4.16. The lowest BCUT2D eigenvalue weighted by Gasteiger charge is -2.34. The van der Waals surface area contributed by atoms with Crippen LogP contribution in [0.3, 0.4) is 0 Å². The fraction of sp³-hybridized carbons (Fsp3) is 0.481. The summed E-state index contributed by atoms with van der Waals surface area (Å²) in [6, 6.07) is 19.0. The number of hydrogen-bond acceptors (Lipinski definition) is 5. The first-order valence-electron chi connectivity index (χ1n) is 12.6. The molecule has 184 valence electrons. The molecule has 0 radical (unpaired) electrons. The largest absolute Gasteiger partial charge is 0.372 e. The van der Waals surface area contributed by atoms with Crippen LogP contribution in [0.1, 0.15) is 31.2 Å². The number of nitrogens with zero attached hydrogens (tertiary/aromatic N) is 3. The average Bonchev–Trinajstić information content (AvgIpc) is 3.60. The summed E-state index contributed by atoms with van der Waals surface area (Å²) < 4.78 is 24.6. The van der Waals surface area contributed by atoms with E-state index in [1.807, 2.05) is 4.90 Å². The number of anilines is 2. The van der Waals surface area contributed by atoms with Crippen molar-refractivity contribution in [2.24, 2.45) is 16.8 Å². The third-order valence-electron chi connectivity index (χ3n) is 7.67. The quantitative estimate of drug-likeness (QED) is 0.603. The first kappa shape index (κ1) is 23.1. The summed E-state index contributed by atoms with van der Waals surface area (Å²) in [6.07, 6.45) is 5.34. The zero-order valence-corrected chi connectivity index (χ0v) is 21.4. The van der Waals surface area contributed by atoms with Gasteiger partial charge < -0.3 is 9.80 Å². The minimum atomic E-state index is -3.07. The number of piperidine rings is 1. The minimum absolute atomic E-state index is 0.0568. The van der Waals surface area contributed by atoms with Crippen LogP contribution in [-0.4, -0.2) is 55.4 Å². The van der Waals surface area contributed by atoms with Gasteiger partial charge in [-0.3, -0.25) is 4.79 Å². The lowest BCUT2D eigenvalue weighted by molar-refractivity contribution is -0.118. The predicted molar refractivity (Wildman–Crippen MR) is 143 cm³/mol. The van der Waals surface area contributed by atoms with Gasteiger partial charge in [0.2, 0.25) is 0 Å². The molecule has 0 bridgehead atoms. The molecule has 2 aromatic carbocycles. The van der Waals surface area contributed by atoms with E-state index >= 15 is 0 Å². The van der Waals surface area contributed by atoms with Gasteiger partial charge in [-0.05, 0) is 67.9 Å². The molecule has 0 spiro atoms. The molecule has 8 heteroatoms. The number of carbonyl (C=O) groups excluding carboxylic acids is 1. The summed E-state index contributed by atoms with van der Waals surface area (Å²) in [7, 11) is -3.07. The number of benzene rings is 2. The van der Waals surface area contributed by atoms with Crippen molar-refractivity contribution in [2.75, 3.05) is 34.4 Å². The number of amides is 1. The van der Waals surface area contributed by atoms with Crippen LogP contribution in [0.5, 0.6) is 0 Å². The molecule has 1 aliphatic carbocycles. The number of fused-ring (bicyclic) bond motifs is 1. The first-order chi connectivity index (χ1) is 16.9. The highest BCUT2D eigenvalue weighted by atomic mass is 32.2. The Kier molecular flexibility index (Phi) is 6.13. The number of carbonyl (C=O) groups is 1. The molecule has 1 amide bonds. The highest BCUT2D eigenvalue weighted by molar-refractivity contribution is 8.16. The number of hydrogen-bond donors (Lipinski definition) is 0. The van der Waals surface area contributed by atoms with Gasteiger partial charge >= 0.3 is 0 Å². The smallest absolute Gasteiger partial charge is 0.251 e. The van der Waals surface area contributed by atoms with Crippen molar-refractivity contribution < 1.29 is 13.2 Å². The van der Waals surface area contributed by atoms with Crippen LogP contribution in [0, 0.1) is 11.8 Å². The van der Waals surface area contributed by atoms with E-state index < -0.39 is 9.84 Å². The highest BCUT2D eigenvalue weighted by Crippen LogP contribution is 2.42. The number of amidine groups is 1. The molecular weight excluding hydrogens is 478 g/mol. The summed E-state index contributed by atoms with van der Waals surface area (Å²) >= 11 is 1.46. The molecule has 0 aromatic heterocycles. The zero-order valence-electron chi connectivity index (χ0n) is 19.8. The van der Waals surface area contributed by atoms with Crippen molar-refractivity contribution in [1.29, 1.82) is 0 Å². The van der Waals surface area contributed by atoms with E-state index in [1.54, 1.807) is 0 Å². The number of aliphatic imine (C=N–C) groups is 1. The van der Waals surface area contributed by atoms with Gasteiger partial charge in [0, 0.05) is 35.6 Å². The Balaban J connectivity index is 1.16. The molecular formula is C27H31N3O3S2. The Hall–Kier alpha value is -2.32. The minimum Gasteiger partial charge on any atom is -0.372 e. The Bertz CT molecular complexity index is 1220. The Morgan fingerprint density at radius 3 is 2.29 bits per heavy atom. The van der Waals surface area contributed by atoms with Crippen LogP contribution in [0.15, 0.2) is 59.6 Å². The lowest BCUT2D eigenvalue weighted by atomic mass is 9.90. The Morgan fingerprint density at radius 2 is 1.60 bits per heavy atom. The molecule has 4 fully saturated rings. The van der Waals surface area contributed by atoms with Crippen molar-refractivity contribution in [1.82, 2.24) is 0 Å². The maximum absolute atomic E-state index is 12.4. The van der Waals surface area contributed by atoms with Crippen LogP contribution in [-0.2, 0) is 21.1 Å². The molecule has 6 nitrogen and oxygen atoms in total. The van der Waals surface area contributed by atoms with Gasteiger partial charge in [-0.15, -0.1) is 0 Å². The van der Waals surface area contributed by atoms with Crippen molar-refractivity contribution >= 4 is 44.0 Å². The van der Waals surface area contributed by atoms with Crippen molar-refractivity contribution in [2.45, 2.75) is 43.4 Å². The maximum Gasteiger partial charge on any atom is 0.251 e. The molecule has 6 rings (SSSR count). The van der Waals surface area contributed by atoms with E-state index in [1.165, 1.54) is 35.9 Å². The van der Waals surface area contributed by atoms with E-state index in [2.05, 4.69) is 64.5 Å². The first-order valence-corrected chi connectivity index (χ1v) is 15.3. The van der Waals surface area contributed by atoms with E-state index in [0.29, 0.717) is 5.17 Å². The van der Waals surface area contributed by atoms with Crippen LogP contribution >= 0.6 is 11.8 Å². The van der Waals surface area contributed by atoms with Crippen molar-refractivity contribution in [3.8, 4) is 0 Å². The second kappa shape index (κ2) is 9.28. The molecule has 3 saturated heterocycles. The van der Waals surface area contributed by atoms with Crippen LogP contribution in [0.4, 0.5) is 11.4 Å². The molecule has 0 N–H and O–H groups in total. The molecule has 0 unspecified atom stereocenters. The van der Waals surface area contributed by atoms with Crippen LogP contribution < -0.4 is 9.80 Å². The fourth-order valence-electron chi connectivity index (χ4n) is 5.55. The summed E-state index contributed by atoms with van der Waals surface area (Å²) in [5.74, 6) is 0.999.